The van der Waals surface area contributed by atoms with Gasteiger partial charge in [-0.3, -0.25) is 0 Å². The molecule has 0 saturated heterocycles. The van der Waals surface area contributed by atoms with Crippen molar-refractivity contribution in [1.82, 2.24) is 0 Å². The van der Waals surface area contributed by atoms with E-state index in [1.165, 1.54) is 5.56 Å². The zero-order valence-corrected chi connectivity index (χ0v) is 11.1. The Hall–Kier alpha value is -1.80. The second-order valence-electron chi connectivity index (χ2n) is 4.70. The molecule has 94 valence electrons. The summed E-state index contributed by atoms with van der Waals surface area (Å²) in [6, 6.07) is 14.0. The van der Waals surface area contributed by atoms with Crippen molar-refractivity contribution < 1.29 is 4.74 Å². The third kappa shape index (κ3) is 2.71. The first-order valence-corrected chi connectivity index (χ1v) is 6.17. The van der Waals surface area contributed by atoms with Gasteiger partial charge in [-0.2, -0.15) is 0 Å². The van der Waals surface area contributed by atoms with E-state index in [1.807, 2.05) is 37.3 Å². The minimum atomic E-state index is -0.0352. The predicted octanol–water partition coefficient (Wildman–Crippen LogP) is 4.12. The zero-order chi connectivity index (χ0) is 13.1. The van der Waals surface area contributed by atoms with Crippen LogP contribution in [0.5, 0.6) is 11.5 Å². The van der Waals surface area contributed by atoms with E-state index >= 15 is 0 Å². The number of hydrogen-bond donors (Lipinski definition) is 1. The van der Waals surface area contributed by atoms with Crippen LogP contribution >= 0.6 is 0 Å². The van der Waals surface area contributed by atoms with Gasteiger partial charge < -0.3 is 10.5 Å². The maximum atomic E-state index is 5.98. The lowest BCUT2D eigenvalue weighted by Gasteiger charge is -2.15. The standard InChI is InChI=1S/C16H19NO/c1-11-8-9-15(12(2)10-11)18-16-7-5-4-6-14(16)13(3)17/h4-10,13H,17H2,1-3H3. The number of nitrogens with two attached hydrogens (primary N) is 1. The molecule has 0 aliphatic rings. The van der Waals surface area contributed by atoms with Crippen molar-refractivity contribution in [2.24, 2.45) is 5.73 Å². The van der Waals surface area contributed by atoms with Crippen molar-refractivity contribution in [3.63, 3.8) is 0 Å². The minimum absolute atomic E-state index is 0.0352. The van der Waals surface area contributed by atoms with Gasteiger partial charge in [0.25, 0.3) is 0 Å². The van der Waals surface area contributed by atoms with Gasteiger partial charge in [0.15, 0.2) is 0 Å². The molecule has 0 saturated carbocycles. The minimum Gasteiger partial charge on any atom is -0.457 e. The molecule has 1 unspecified atom stereocenters. The molecular weight excluding hydrogens is 222 g/mol. The summed E-state index contributed by atoms with van der Waals surface area (Å²) in [5, 5.41) is 0. The van der Waals surface area contributed by atoms with E-state index in [4.69, 9.17) is 10.5 Å². The van der Waals surface area contributed by atoms with Gasteiger partial charge in [0, 0.05) is 11.6 Å². The van der Waals surface area contributed by atoms with E-state index in [-0.39, 0.29) is 6.04 Å². The average Bonchev–Trinajstić information content (AvgIpc) is 2.33. The number of hydrogen-bond acceptors (Lipinski definition) is 2. The lowest BCUT2D eigenvalue weighted by molar-refractivity contribution is 0.468. The van der Waals surface area contributed by atoms with Gasteiger partial charge in [0.2, 0.25) is 0 Å². The van der Waals surface area contributed by atoms with E-state index in [9.17, 15) is 0 Å². The highest BCUT2D eigenvalue weighted by atomic mass is 16.5. The van der Waals surface area contributed by atoms with Gasteiger partial charge in [0.1, 0.15) is 11.5 Å². The fourth-order valence-electron chi connectivity index (χ4n) is 1.98. The van der Waals surface area contributed by atoms with Crippen molar-refractivity contribution in [1.29, 1.82) is 0 Å². The molecule has 2 rings (SSSR count). The molecule has 0 aliphatic heterocycles. The molecule has 2 aromatic carbocycles. The van der Waals surface area contributed by atoms with E-state index < -0.39 is 0 Å². The Morgan fingerprint density at radius 2 is 1.72 bits per heavy atom. The molecule has 2 heteroatoms. The van der Waals surface area contributed by atoms with Crippen LogP contribution in [0.15, 0.2) is 42.5 Å². The second kappa shape index (κ2) is 5.23. The zero-order valence-electron chi connectivity index (χ0n) is 11.1. The maximum absolute atomic E-state index is 5.98. The normalized spacial score (nSPS) is 12.2. The lowest BCUT2D eigenvalue weighted by Crippen LogP contribution is -2.06. The van der Waals surface area contributed by atoms with Gasteiger partial charge in [-0.05, 0) is 38.5 Å². The molecule has 0 aromatic heterocycles. The Bertz CT molecular complexity index is 547. The first-order chi connectivity index (χ1) is 8.58. The summed E-state index contributed by atoms with van der Waals surface area (Å²) in [6.45, 7) is 6.09. The van der Waals surface area contributed by atoms with Gasteiger partial charge in [-0.1, -0.05) is 35.9 Å². The number of para-hydroxylation sites is 1. The summed E-state index contributed by atoms with van der Waals surface area (Å²) in [5.41, 5.74) is 9.35. The summed E-state index contributed by atoms with van der Waals surface area (Å²) in [5.74, 6) is 1.72. The van der Waals surface area contributed by atoms with Crippen molar-refractivity contribution in [3.8, 4) is 11.5 Å². The summed E-state index contributed by atoms with van der Waals surface area (Å²) in [7, 11) is 0. The molecule has 0 aliphatic carbocycles. The Labute approximate surface area is 108 Å². The molecule has 0 amide bonds. The third-order valence-electron chi connectivity index (χ3n) is 2.96. The fraction of sp³-hybridized carbons (Fsp3) is 0.250. The molecule has 0 heterocycles. The fourth-order valence-corrected chi connectivity index (χ4v) is 1.98. The van der Waals surface area contributed by atoms with Crippen LogP contribution in [-0.2, 0) is 0 Å². The Morgan fingerprint density at radius 1 is 1.00 bits per heavy atom. The Balaban J connectivity index is 2.34. The summed E-state index contributed by atoms with van der Waals surface area (Å²) < 4.78 is 5.98. The Morgan fingerprint density at radius 3 is 2.39 bits per heavy atom. The highest BCUT2D eigenvalue weighted by Crippen LogP contribution is 2.30. The van der Waals surface area contributed by atoms with Crippen LogP contribution in [0.2, 0.25) is 0 Å². The molecule has 0 radical (unpaired) electrons. The molecule has 1 atom stereocenters. The average molecular weight is 241 g/mol. The number of ether oxygens (including phenoxy) is 1. The largest absolute Gasteiger partial charge is 0.457 e. The lowest BCUT2D eigenvalue weighted by atomic mass is 10.1. The van der Waals surface area contributed by atoms with Crippen molar-refractivity contribution in [2.45, 2.75) is 26.8 Å². The van der Waals surface area contributed by atoms with E-state index in [0.717, 1.165) is 22.6 Å². The van der Waals surface area contributed by atoms with Crippen molar-refractivity contribution >= 4 is 0 Å². The summed E-state index contributed by atoms with van der Waals surface area (Å²) in [6.07, 6.45) is 0. The van der Waals surface area contributed by atoms with Gasteiger partial charge >= 0.3 is 0 Å². The van der Waals surface area contributed by atoms with Crippen LogP contribution in [0, 0.1) is 13.8 Å². The number of benzene rings is 2. The molecule has 0 spiro atoms. The third-order valence-corrected chi connectivity index (χ3v) is 2.96. The van der Waals surface area contributed by atoms with Crippen LogP contribution in [0.1, 0.15) is 29.7 Å². The molecule has 2 nitrogen and oxygen atoms in total. The summed E-state index contributed by atoms with van der Waals surface area (Å²) >= 11 is 0. The van der Waals surface area contributed by atoms with Gasteiger partial charge in [-0.15, -0.1) is 0 Å². The van der Waals surface area contributed by atoms with E-state index in [1.54, 1.807) is 0 Å². The molecule has 2 N–H and O–H groups in total. The second-order valence-corrected chi connectivity index (χ2v) is 4.70. The maximum Gasteiger partial charge on any atom is 0.132 e. The van der Waals surface area contributed by atoms with Crippen LogP contribution < -0.4 is 10.5 Å². The van der Waals surface area contributed by atoms with Gasteiger partial charge in [-0.25, -0.2) is 0 Å². The van der Waals surface area contributed by atoms with Crippen molar-refractivity contribution in [3.05, 3.63) is 59.2 Å². The first-order valence-electron chi connectivity index (χ1n) is 6.17. The van der Waals surface area contributed by atoms with E-state index in [0.29, 0.717) is 0 Å². The highest BCUT2D eigenvalue weighted by Gasteiger charge is 2.09. The van der Waals surface area contributed by atoms with E-state index in [2.05, 4.69) is 26.0 Å². The highest BCUT2D eigenvalue weighted by molar-refractivity contribution is 5.43. The number of rotatable bonds is 3. The molecule has 0 bridgehead atoms. The topological polar surface area (TPSA) is 35.2 Å². The van der Waals surface area contributed by atoms with Crippen LogP contribution in [0.3, 0.4) is 0 Å². The SMILES string of the molecule is Cc1ccc(Oc2ccccc2C(C)N)c(C)c1. The van der Waals surface area contributed by atoms with Crippen molar-refractivity contribution in [2.75, 3.05) is 0 Å². The smallest absolute Gasteiger partial charge is 0.132 e. The summed E-state index contributed by atoms with van der Waals surface area (Å²) in [4.78, 5) is 0. The molecular formula is C16H19NO. The van der Waals surface area contributed by atoms with Crippen LogP contribution in [-0.4, -0.2) is 0 Å². The monoisotopic (exact) mass is 241 g/mol. The quantitative estimate of drug-likeness (QED) is 0.877. The van der Waals surface area contributed by atoms with Crippen LogP contribution in [0.25, 0.3) is 0 Å². The van der Waals surface area contributed by atoms with Gasteiger partial charge in [0.05, 0.1) is 0 Å². The number of aryl methyl sites for hydroxylation is 2. The molecule has 2 aromatic rings. The van der Waals surface area contributed by atoms with Crippen LogP contribution in [0.4, 0.5) is 0 Å². The predicted molar refractivity (Wildman–Crippen MR) is 75.0 cm³/mol. The molecule has 18 heavy (non-hydrogen) atoms. The Kier molecular flexibility index (Phi) is 3.68. The first kappa shape index (κ1) is 12.7. The molecule has 0 fully saturated rings.